The first-order valence-corrected chi connectivity index (χ1v) is 8.42. The van der Waals surface area contributed by atoms with Crippen LogP contribution in [0.15, 0.2) is 33.7 Å². The maximum atomic E-state index is 11.1. The molecule has 2 atom stereocenters. The molecule has 1 aromatic rings. The van der Waals surface area contributed by atoms with E-state index in [1.165, 1.54) is 0 Å². The van der Waals surface area contributed by atoms with Gasteiger partial charge in [-0.05, 0) is 52.9 Å². The molecule has 0 heterocycles. The third-order valence-corrected chi connectivity index (χ3v) is 4.17. The van der Waals surface area contributed by atoms with E-state index in [1.54, 1.807) is 0 Å². The van der Waals surface area contributed by atoms with E-state index in [1.807, 2.05) is 13.0 Å². The number of hydrogen-bond donors (Lipinski definition) is 0. The van der Waals surface area contributed by atoms with Crippen LogP contribution >= 0.6 is 31.9 Å². The van der Waals surface area contributed by atoms with Crippen LogP contribution in [-0.2, 0) is 9.53 Å². The van der Waals surface area contributed by atoms with Gasteiger partial charge in [0.2, 0.25) is 0 Å². The zero-order chi connectivity index (χ0) is 16.0. The SMILES string of the molecule is C=CC(=O)OCC(C)Oc1c(Br)cc(Br)cc1C(C)CC. The van der Waals surface area contributed by atoms with Gasteiger partial charge in [0.15, 0.2) is 0 Å². The van der Waals surface area contributed by atoms with Crippen molar-refractivity contribution in [2.45, 2.75) is 39.2 Å². The van der Waals surface area contributed by atoms with Crippen molar-refractivity contribution in [3.63, 3.8) is 0 Å². The summed E-state index contributed by atoms with van der Waals surface area (Å²) in [4.78, 5) is 11.1. The number of ether oxygens (including phenoxy) is 2. The second-order valence-electron chi connectivity index (χ2n) is 4.88. The van der Waals surface area contributed by atoms with Gasteiger partial charge in [-0.15, -0.1) is 0 Å². The molecule has 0 aromatic heterocycles. The average Bonchev–Trinajstić information content (AvgIpc) is 2.46. The highest BCUT2D eigenvalue weighted by Crippen LogP contribution is 2.38. The Kier molecular flexibility index (Phi) is 7.46. The standard InChI is InChI=1S/C16H20Br2O3/c1-5-10(3)13-7-12(17)8-14(18)16(13)21-11(4)9-20-15(19)6-2/h6-8,10-11H,2,5,9H2,1,3-4H3. The summed E-state index contributed by atoms with van der Waals surface area (Å²) >= 11 is 7.04. The summed E-state index contributed by atoms with van der Waals surface area (Å²) in [5.74, 6) is 0.730. The largest absolute Gasteiger partial charge is 0.486 e. The highest BCUT2D eigenvalue weighted by atomic mass is 79.9. The molecule has 0 fully saturated rings. The maximum Gasteiger partial charge on any atom is 0.330 e. The summed E-state index contributed by atoms with van der Waals surface area (Å²) in [5.41, 5.74) is 1.13. The first-order valence-electron chi connectivity index (χ1n) is 6.83. The molecular formula is C16H20Br2O3. The number of carbonyl (C=O) groups is 1. The van der Waals surface area contributed by atoms with Crippen LogP contribution in [0, 0.1) is 0 Å². The van der Waals surface area contributed by atoms with Crippen LogP contribution in [0.1, 0.15) is 38.7 Å². The topological polar surface area (TPSA) is 35.5 Å². The van der Waals surface area contributed by atoms with Crippen molar-refractivity contribution >= 4 is 37.8 Å². The van der Waals surface area contributed by atoms with Gasteiger partial charge in [-0.2, -0.15) is 0 Å². The third kappa shape index (κ3) is 5.47. The van der Waals surface area contributed by atoms with Gasteiger partial charge in [-0.1, -0.05) is 36.4 Å². The molecule has 0 saturated heterocycles. The molecule has 1 rings (SSSR count). The summed E-state index contributed by atoms with van der Waals surface area (Å²) in [5, 5.41) is 0. The van der Waals surface area contributed by atoms with E-state index in [0.29, 0.717) is 5.92 Å². The number of benzene rings is 1. The highest BCUT2D eigenvalue weighted by Gasteiger charge is 2.17. The molecule has 3 nitrogen and oxygen atoms in total. The van der Waals surface area contributed by atoms with E-state index >= 15 is 0 Å². The molecule has 0 N–H and O–H groups in total. The van der Waals surface area contributed by atoms with E-state index in [2.05, 4.69) is 58.4 Å². The Hall–Kier alpha value is -0.810. The number of esters is 1. The van der Waals surface area contributed by atoms with Crippen LogP contribution in [0.3, 0.4) is 0 Å². The van der Waals surface area contributed by atoms with Crippen LogP contribution in [0.2, 0.25) is 0 Å². The van der Waals surface area contributed by atoms with E-state index in [0.717, 1.165) is 32.8 Å². The third-order valence-electron chi connectivity index (χ3n) is 3.13. The summed E-state index contributed by atoms with van der Waals surface area (Å²) in [6.45, 7) is 9.71. The lowest BCUT2D eigenvalue weighted by molar-refractivity contribution is -0.139. The van der Waals surface area contributed by atoms with Crippen molar-refractivity contribution in [2.24, 2.45) is 0 Å². The zero-order valence-corrected chi connectivity index (χ0v) is 15.7. The van der Waals surface area contributed by atoms with Crippen LogP contribution in [0.25, 0.3) is 0 Å². The van der Waals surface area contributed by atoms with Crippen LogP contribution < -0.4 is 4.74 Å². The fraction of sp³-hybridized carbons (Fsp3) is 0.438. The normalized spacial score (nSPS) is 13.4. The predicted octanol–water partition coefficient (Wildman–Crippen LogP) is 5.22. The van der Waals surface area contributed by atoms with Gasteiger partial charge < -0.3 is 9.47 Å². The Bertz CT molecular complexity index is 514. The van der Waals surface area contributed by atoms with E-state index < -0.39 is 5.97 Å². The average molecular weight is 420 g/mol. The molecular weight excluding hydrogens is 400 g/mol. The number of hydrogen-bond acceptors (Lipinski definition) is 3. The first-order chi connectivity index (χ1) is 9.88. The van der Waals surface area contributed by atoms with Crippen LogP contribution in [-0.4, -0.2) is 18.7 Å². The molecule has 2 unspecified atom stereocenters. The van der Waals surface area contributed by atoms with Crippen molar-refractivity contribution in [3.05, 3.63) is 39.3 Å². The minimum atomic E-state index is -0.442. The number of rotatable bonds is 7. The fourth-order valence-corrected chi connectivity index (χ4v) is 3.14. The van der Waals surface area contributed by atoms with Crippen molar-refractivity contribution in [1.82, 2.24) is 0 Å². The molecule has 0 aliphatic heterocycles. The predicted molar refractivity (Wildman–Crippen MR) is 91.8 cm³/mol. The van der Waals surface area contributed by atoms with E-state index in [4.69, 9.17) is 9.47 Å². The van der Waals surface area contributed by atoms with Crippen molar-refractivity contribution in [3.8, 4) is 5.75 Å². The van der Waals surface area contributed by atoms with Gasteiger partial charge in [0.1, 0.15) is 18.5 Å². The molecule has 0 aliphatic carbocycles. The molecule has 21 heavy (non-hydrogen) atoms. The van der Waals surface area contributed by atoms with Gasteiger partial charge in [-0.3, -0.25) is 0 Å². The molecule has 0 amide bonds. The lowest BCUT2D eigenvalue weighted by atomic mass is 9.98. The molecule has 0 saturated carbocycles. The summed E-state index contributed by atoms with van der Waals surface area (Å²) in [6.07, 6.45) is 1.92. The minimum Gasteiger partial charge on any atom is -0.486 e. The Balaban J connectivity index is 2.90. The summed E-state index contributed by atoms with van der Waals surface area (Å²) < 4.78 is 12.9. The van der Waals surface area contributed by atoms with Crippen molar-refractivity contribution in [1.29, 1.82) is 0 Å². The smallest absolute Gasteiger partial charge is 0.330 e. The van der Waals surface area contributed by atoms with Crippen molar-refractivity contribution < 1.29 is 14.3 Å². The van der Waals surface area contributed by atoms with Gasteiger partial charge in [0.25, 0.3) is 0 Å². The van der Waals surface area contributed by atoms with E-state index in [9.17, 15) is 4.79 Å². The Morgan fingerprint density at radius 2 is 2.05 bits per heavy atom. The number of carbonyl (C=O) groups excluding carboxylic acids is 1. The number of halogens is 2. The molecule has 0 radical (unpaired) electrons. The lowest BCUT2D eigenvalue weighted by Crippen LogP contribution is -2.22. The summed E-state index contributed by atoms with van der Waals surface area (Å²) in [6, 6.07) is 4.01. The molecule has 116 valence electrons. The molecule has 1 aromatic carbocycles. The van der Waals surface area contributed by atoms with Gasteiger partial charge >= 0.3 is 5.97 Å². The zero-order valence-electron chi connectivity index (χ0n) is 12.5. The fourth-order valence-electron chi connectivity index (χ4n) is 1.78. The maximum absolute atomic E-state index is 11.1. The van der Waals surface area contributed by atoms with Crippen LogP contribution in [0.4, 0.5) is 0 Å². The molecule has 0 bridgehead atoms. The lowest BCUT2D eigenvalue weighted by Gasteiger charge is -2.21. The summed E-state index contributed by atoms with van der Waals surface area (Å²) in [7, 11) is 0. The Morgan fingerprint density at radius 1 is 1.38 bits per heavy atom. The van der Waals surface area contributed by atoms with Crippen LogP contribution in [0.5, 0.6) is 5.75 Å². The molecule has 0 spiro atoms. The quantitative estimate of drug-likeness (QED) is 0.448. The molecule has 5 heteroatoms. The second-order valence-corrected chi connectivity index (χ2v) is 6.65. The first kappa shape index (κ1) is 18.2. The van der Waals surface area contributed by atoms with E-state index in [-0.39, 0.29) is 12.7 Å². The highest BCUT2D eigenvalue weighted by molar-refractivity contribution is 9.11. The Morgan fingerprint density at radius 3 is 2.62 bits per heavy atom. The van der Waals surface area contributed by atoms with Gasteiger partial charge in [0.05, 0.1) is 4.47 Å². The van der Waals surface area contributed by atoms with Gasteiger partial charge in [0, 0.05) is 10.5 Å². The minimum absolute atomic E-state index is 0.188. The van der Waals surface area contributed by atoms with Crippen molar-refractivity contribution in [2.75, 3.05) is 6.61 Å². The van der Waals surface area contributed by atoms with Gasteiger partial charge in [-0.25, -0.2) is 4.79 Å². The second kappa shape index (κ2) is 8.59. The molecule has 0 aliphatic rings. The monoisotopic (exact) mass is 418 g/mol. The Labute approximate surface area is 143 Å².